The van der Waals surface area contributed by atoms with Crippen molar-refractivity contribution in [3.8, 4) is 0 Å². The molecule has 3 rings (SSSR count). The van der Waals surface area contributed by atoms with E-state index in [2.05, 4.69) is 0 Å². The molecule has 3 atom stereocenters. The van der Waals surface area contributed by atoms with Crippen molar-refractivity contribution in [2.45, 2.75) is 25.3 Å². The molecule has 1 fully saturated rings. The van der Waals surface area contributed by atoms with E-state index in [0.717, 1.165) is 12.0 Å². The molecule has 3 heteroatoms. The van der Waals surface area contributed by atoms with E-state index in [9.17, 15) is 9.18 Å². The molecule has 0 spiro atoms. The maximum absolute atomic E-state index is 13.8. The summed E-state index contributed by atoms with van der Waals surface area (Å²) in [5.41, 5.74) is 1.78. The van der Waals surface area contributed by atoms with E-state index in [4.69, 9.17) is 0 Å². The monoisotopic (exact) mass is 297 g/mol. The number of hydrogen-bond acceptors (Lipinski definition) is 1. The summed E-state index contributed by atoms with van der Waals surface area (Å²) in [7, 11) is 1.83. The third kappa shape index (κ3) is 2.76. The molecular formula is C19H20FNO. The minimum atomic E-state index is -0.207. The molecule has 3 unspecified atom stereocenters. The molecule has 2 aromatic rings. The van der Waals surface area contributed by atoms with Crippen LogP contribution in [0, 0.1) is 11.7 Å². The molecule has 0 saturated heterocycles. The van der Waals surface area contributed by atoms with E-state index in [-0.39, 0.29) is 29.6 Å². The van der Waals surface area contributed by atoms with Gasteiger partial charge in [-0.1, -0.05) is 48.5 Å². The van der Waals surface area contributed by atoms with Gasteiger partial charge in [-0.05, 0) is 36.5 Å². The molecule has 1 aliphatic carbocycles. The predicted molar refractivity (Wildman–Crippen MR) is 84.9 cm³/mol. The van der Waals surface area contributed by atoms with Gasteiger partial charge < -0.3 is 4.90 Å². The third-order valence-electron chi connectivity index (χ3n) is 4.62. The highest BCUT2D eigenvalue weighted by atomic mass is 19.1. The van der Waals surface area contributed by atoms with Crippen molar-refractivity contribution in [3.63, 3.8) is 0 Å². The summed E-state index contributed by atoms with van der Waals surface area (Å²) in [5.74, 6) is -0.168. The van der Waals surface area contributed by atoms with Crippen LogP contribution in [0.15, 0.2) is 54.6 Å². The zero-order valence-electron chi connectivity index (χ0n) is 12.9. The standard InChI is InChI=1S/C19H20FNO/c1-13(14-8-4-3-5-9-14)21(2)19(22)17-12-16(17)15-10-6-7-11-18(15)20/h3-11,13,16-17H,12H2,1-2H3. The van der Waals surface area contributed by atoms with E-state index in [1.165, 1.54) is 6.07 Å². The van der Waals surface area contributed by atoms with Gasteiger partial charge in [0.05, 0.1) is 6.04 Å². The summed E-state index contributed by atoms with van der Waals surface area (Å²) >= 11 is 0. The van der Waals surface area contributed by atoms with Gasteiger partial charge in [-0.2, -0.15) is 0 Å². The van der Waals surface area contributed by atoms with Crippen molar-refractivity contribution in [1.29, 1.82) is 0 Å². The van der Waals surface area contributed by atoms with Crippen LogP contribution in [0.3, 0.4) is 0 Å². The molecule has 0 N–H and O–H groups in total. The Morgan fingerprint density at radius 2 is 1.77 bits per heavy atom. The van der Waals surface area contributed by atoms with E-state index < -0.39 is 0 Å². The summed E-state index contributed by atoms with van der Waals surface area (Å²) < 4.78 is 13.8. The van der Waals surface area contributed by atoms with Gasteiger partial charge in [-0.15, -0.1) is 0 Å². The smallest absolute Gasteiger partial charge is 0.226 e. The Morgan fingerprint density at radius 1 is 1.14 bits per heavy atom. The highest BCUT2D eigenvalue weighted by Gasteiger charge is 2.46. The fourth-order valence-corrected chi connectivity index (χ4v) is 3.00. The lowest BCUT2D eigenvalue weighted by Crippen LogP contribution is -2.31. The molecule has 0 aromatic heterocycles. The Bertz CT molecular complexity index is 670. The second kappa shape index (κ2) is 5.91. The second-order valence-electron chi connectivity index (χ2n) is 6.01. The SMILES string of the molecule is CC(c1ccccc1)N(C)C(=O)C1CC1c1ccccc1F. The Balaban J connectivity index is 1.69. The van der Waals surface area contributed by atoms with Crippen molar-refractivity contribution < 1.29 is 9.18 Å². The van der Waals surface area contributed by atoms with Crippen LogP contribution in [0.5, 0.6) is 0 Å². The molecule has 0 radical (unpaired) electrons. The van der Waals surface area contributed by atoms with Crippen LogP contribution in [-0.4, -0.2) is 17.9 Å². The highest BCUT2D eigenvalue weighted by molar-refractivity contribution is 5.83. The maximum atomic E-state index is 13.8. The number of nitrogens with zero attached hydrogens (tertiary/aromatic N) is 1. The van der Waals surface area contributed by atoms with Crippen LogP contribution in [0.1, 0.15) is 36.4 Å². The molecule has 0 aliphatic heterocycles. The van der Waals surface area contributed by atoms with Gasteiger partial charge in [-0.3, -0.25) is 4.79 Å². The molecule has 22 heavy (non-hydrogen) atoms. The highest BCUT2D eigenvalue weighted by Crippen LogP contribution is 2.49. The van der Waals surface area contributed by atoms with Crippen molar-refractivity contribution in [1.82, 2.24) is 4.90 Å². The number of halogens is 1. The van der Waals surface area contributed by atoms with Crippen molar-refractivity contribution in [2.75, 3.05) is 7.05 Å². The number of amides is 1. The van der Waals surface area contributed by atoms with Gasteiger partial charge in [0.25, 0.3) is 0 Å². The molecule has 0 bridgehead atoms. The van der Waals surface area contributed by atoms with Gasteiger partial charge in [0, 0.05) is 13.0 Å². The zero-order chi connectivity index (χ0) is 15.7. The van der Waals surface area contributed by atoms with Crippen LogP contribution in [0.2, 0.25) is 0 Å². The Morgan fingerprint density at radius 3 is 2.45 bits per heavy atom. The Hall–Kier alpha value is -2.16. The molecule has 0 heterocycles. The number of hydrogen-bond donors (Lipinski definition) is 0. The minimum Gasteiger partial charge on any atom is -0.339 e. The predicted octanol–water partition coefficient (Wildman–Crippen LogP) is 4.15. The first-order valence-electron chi connectivity index (χ1n) is 7.65. The lowest BCUT2D eigenvalue weighted by Gasteiger charge is -2.25. The van der Waals surface area contributed by atoms with Crippen molar-refractivity contribution in [2.24, 2.45) is 5.92 Å². The van der Waals surface area contributed by atoms with Gasteiger partial charge in [0.2, 0.25) is 5.91 Å². The quantitative estimate of drug-likeness (QED) is 0.830. The van der Waals surface area contributed by atoms with E-state index in [1.807, 2.05) is 50.4 Å². The third-order valence-corrected chi connectivity index (χ3v) is 4.62. The van der Waals surface area contributed by atoms with Crippen LogP contribution >= 0.6 is 0 Å². The fourth-order valence-electron chi connectivity index (χ4n) is 3.00. The molecule has 114 valence electrons. The second-order valence-corrected chi connectivity index (χ2v) is 6.01. The molecule has 2 aromatic carbocycles. The van der Waals surface area contributed by atoms with E-state index in [0.29, 0.717) is 5.56 Å². The van der Waals surface area contributed by atoms with Crippen molar-refractivity contribution in [3.05, 3.63) is 71.5 Å². The number of carbonyl (C=O) groups excluding carboxylic acids is 1. The number of benzene rings is 2. The van der Waals surface area contributed by atoms with Gasteiger partial charge in [-0.25, -0.2) is 4.39 Å². The number of rotatable bonds is 4. The summed E-state index contributed by atoms with van der Waals surface area (Å²) in [6.07, 6.45) is 0.742. The van der Waals surface area contributed by atoms with E-state index in [1.54, 1.807) is 17.0 Å². The van der Waals surface area contributed by atoms with Crippen LogP contribution in [0.25, 0.3) is 0 Å². The Labute approximate surface area is 130 Å². The minimum absolute atomic E-state index is 0.0237. The molecule has 1 amide bonds. The number of carbonyl (C=O) groups is 1. The van der Waals surface area contributed by atoms with Gasteiger partial charge in [0.1, 0.15) is 5.82 Å². The largest absolute Gasteiger partial charge is 0.339 e. The summed E-state index contributed by atoms with van der Waals surface area (Å²) in [6, 6.07) is 16.7. The first-order valence-corrected chi connectivity index (χ1v) is 7.65. The summed E-state index contributed by atoms with van der Waals surface area (Å²) in [5, 5.41) is 0. The van der Waals surface area contributed by atoms with Crippen molar-refractivity contribution >= 4 is 5.91 Å². The summed E-state index contributed by atoms with van der Waals surface area (Å²) in [6.45, 7) is 2.02. The topological polar surface area (TPSA) is 20.3 Å². The molecular weight excluding hydrogens is 277 g/mol. The van der Waals surface area contributed by atoms with Gasteiger partial charge >= 0.3 is 0 Å². The van der Waals surface area contributed by atoms with Crippen LogP contribution < -0.4 is 0 Å². The van der Waals surface area contributed by atoms with Crippen LogP contribution in [-0.2, 0) is 4.79 Å². The van der Waals surface area contributed by atoms with E-state index >= 15 is 0 Å². The molecule has 1 saturated carbocycles. The maximum Gasteiger partial charge on any atom is 0.226 e. The average molecular weight is 297 g/mol. The lowest BCUT2D eigenvalue weighted by molar-refractivity contribution is -0.133. The lowest BCUT2D eigenvalue weighted by atomic mass is 10.1. The fraction of sp³-hybridized carbons (Fsp3) is 0.316. The normalized spacial score (nSPS) is 21.2. The zero-order valence-corrected chi connectivity index (χ0v) is 12.9. The Kier molecular flexibility index (Phi) is 3.97. The average Bonchev–Trinajstić information content (AvgIpc) is 3.34. The first kappa shape index (κ1) is 14.8. The van der Waals surface area contributed by atoms with Crippen LogP contribution in [0.4, 0.5) is 4.39 Å². The first-order chi connectivity index (χ1) is 10.6. The summed E-state index contributed by atoms with van der Waals surface area (Å²) in [4.78, 5) is 14.4. The molecule has 1 aliphatic rings. The van der Waals surface area contributed by atoms with Gasteiger partial charge in [0.15, 0.2) is 0 Å². The molecule has 2 nitrogen and oxygen atoms in total.